The number of carboxylic acids is 1. The van der Waals surface area contributed by atoms with Crippen molar-refractivity contribution in [2.45, 2.75) is 56.4 Å². The fraction of sp³-hybridized carbons (Fsp3) is 0.462. The normalized spacial score (nSPS) is 16.1. The second-order valence-corrected chi connectivity index (χ2v) is 11.0. The van der Waals surface area contributed by atoms with Gasteiger partial charge < -0.3 is 20.6 Å². The van der Waals surface area contributed by atoms with E-state index in [0.29, 0.717) is 30.8 Å². The number of piperazine rings is 1. The summed E-state index contributed by atoms with van der Waals surface area (Å²) in [6.45, 7) is 4.08. The van der Waals surface area contributed by atoms with Crippen LogP contribution in [-0.4, -0.2) is 56.8 Å². The number of sulfone groups is 1. The Kier molecular flexibility index (Phi) is 9.68. The van der Waals surface area contributed by atoms with Gasteiger partial charge in [0.1, 0.15) is 0 Å². The first-order valence-corrected chi connectivity index (χ1v) is 13.9. The van der Waals surface area contributed by atoms with Crippen LogP contribution >= 0.6 is 0 Å². The molecule has 1 aliphatic rings. The first kappa shape index (κ1) is 26.7. The van der Waals surface area contributed by atoms with E-state index in [1.807, 2.05) is 11.0 Å². The zero-order valence-electron chi connectivity index (χ0n) is 20.2. The Morgan fingerprint density at radius 1 is 1.09 bits per heavy atom. The van der Waals surface area contributed by atoms with Crippen LogP contribution in [0.1, 0.15) is 55.8 Å². The van der Waals surface area contributed by atoms with Gasteiger partial charge in [0.15, 0.2) is 9.84 Å². The van der Waals surface area contributed by atoms with E-state index in [4.69, 9.17) is 0 Å². The molecule has 1 amide bonds. The lowest BCUT2D eigenvalue weighted by Gasteiger charge is -2.37. The smallest absolute Gasteiger partial charge is 0.305 e. The Balaban J connectivity index is 1.63. The summed E-state index contributed by atoms with van der Waals surface area (Å²) < 4.78 is 25.1. The van der Waals surface area contributed by atoms with Crippen molar-refractivity contribution in [3.05, 3.63) is 54.1 Å². The number of nitrogens with one attached hydrogen (secondary N) is 2. The molecule has 1 aliphatic heterocycles. The summed E-state index contributed by atoms with van der Waals surface area (Å²) >= 11 is 0. The highest BCUT2D eigenvalue weighted by Crippen LogP contribution is 2.23. The average Bonchev–Trinajstić information content (AvgIpc) is 2.84. The Bertz CT molecular complexity index is 1100. The number of amides is 1. The Labute approximate surface area is 207 Å². The molecule has 1 saturated heterocycles. The number of carbonyl (C=O) groups excluding carboxylic acids is 1. The highest BCUT2D eigenvalue weighted by molar-refractivity contribution is 7.91. The summed E-state index contributed by atoms with van der Waals surface area (Å²) in [7, 11) is -3.34. The van der Waals surface area contributed by atoms with Crippen molar-refractivity contribution in [2.75, 3.05) is 35.6 Å². The lowest BCUT2D eigenvalue weighted by molar-refractivity contribution is -0.137. The maximum absolute atomic E-state index is 12.9. The molecule has 35 heavy (non-hydrogen) atoms. The lowest BCUT2D eigenvalue weighted by Crippen LogP contribution is -2.52. The van der Waals surface area contributed by atoms with Crippen LogP contribution in [0.5, 0.6) is 0 Å². The van der Waals surface area contributed by atoms with E-state index in [1.165, 1.54) is 12.1 Å². The second kappa shape index (κ2) is 12.7. The van der Waals surface area contributed by atoms with Gasteiger partial charge in [-0.25, -0.2) is 8.42 Å². The molecule has 0 saturated carbocycles. The minimum Gasteiger partial charge on any atom is -0.481 e. The molecular formula is C26H35N3O5S. The van der Waals surface area contributed by atoms with Crippen molar-refractivity contribution in [3.8, 4) is 0 Å². The third-order valence-electron chi connectivity index (χ3n) is 6.19. The van der Waals surface area contributed by atoms with Crippen molar-refractivity contribution >= 4 is 33.1 Å². The van der Waals surface area contributed by atoms with Crippen LogP contribution in [0.4, 0.5) is 11.4 Å². The summed E-state index contributed by atoms with van der Waals surface area (Å²) in [4.78, 5) is 26.4. The summed E-state index contributed by atoms with van der Waals surface area (Å²) in [5, 5.41) is 15.3. The molecule has 2 aromatic rings. The van der Waals surface area contributed by atoms with Gasteiger partial charge >= 0.3 is 5.97 Å². The number of hydrogen-bond acceptors (Lipinski definition) is 6. The molecule has 0 aliphatic carbocycles. The van der Waals surface area contributed by atoms with Crippen molar-refractivity contribution < 1.29 is 23.1 Å². The van der Waals surface area contributed by atoms with Crippen molar-refractivity contribution in [1.29, 1.82) is 0 Å². The highest BCUT2D eigenvalue weighted by Gasteiger charge is 2.25. The Hall–Kier alpha value is -2.91. The van der Waals surface area contributed by atoms with Gasteiger partial charge in [-0.15, -0.1) is 0 Å². The van der Waals surface area contributed by atoms with Gasteiger partial charge in [0.25, 0.3) is 5.91 Å². The predicted octanol–water partition coefficient (Wildman–Crippen LogP) is 3.94. The molecule has 3 N–H and O–H groups in total. The van der Waals surface area contributed by atoms with Crippen LogP contribution in [0.15, 0.2) is 53.4 Å². The van der Waals surface area contributed by atoms with Gasteiger partial charge in [-0.1, -0.05) is 38.7 Å². The first-order valence-electron chi connectivity index (χ1n) is 12.2. The standard InChI is InChI=1S/C26H35N3O5S/c1-2-3-4-5-6-16-35(33,34)24-12-10-21(11-13-24)28-26(32)20-8-7-9-22(17-20)29-15-14-27-19-23(29)18-25(30)31/h7-13,17,23,27H,2-6,14-16,18-19H2,1H3,(H,28,32)(H,30,31)/t23-/m1/s1. The molecule has 1 fully saturated rings. The molecule has 0 radical (unpaired) electrons. The van der Waals surface area contributed by atoms with Crippen LogP contribution in [0.25, 0.3) is 0 Å². The number of nitrogens with zero attached hydrogens (tertiary/aromatic N) is 1. The zero-order chi connectivity index (χ0) is 25.3. The number of benzene rings is 2. The van der Waals surface area contributed by atoms with E-state index in [2.05, 4.69) is 17.6 Å². The minimum atomic E-state index is -3.34. The number of hydrogen-bond donors (Lipinski definition) is 3. The third-order valence-corrected chi connectivity index (χ3v) is 8.00. The fourth-order valence-corrected chi connectivity index (χ4v) is 5.64. The van der Waals surface area contributed by atoms with Crippen LogP contribution in [0.3, 0.4) is 0 Å². The van der Waals surface area contributed by atoms with E-state index in [9.17, 15) is 23.1 Å². The number of carbonyl (C=O) groups is 2. The van der Waals surface area contributed by atoms with Gasteiger partial charge in [-0.3, -0.25) is 9.59 Å². The van der Waals surface area contributed by atoms with E-state index in [1.54, 1.807) is 30.3 Å². The highest BCUT2D eigenvalue weighted by atomic mass is 32.2. The number of anilines is 2. The summed E-state index contributed by atoms with van der Waals surface area (Å²) in [6, 6.07) is 13.2. The molecule has 0 unspecified atom stereocenters. The number of rotatable bonds is 12. The molecule has 0 spiro atoms. The molecule has 9 heteroatoms. The van der Waals surface area contributed by atoms with Gasteiger partial charge in [0.2, 0.25) is 0 Å². The molecule has 0 aromatic heterocycles. The van der Waals surface area contributed by atoms with E-state index in [0.717, 1.165) is 37.9 Å². The molecule has 0 bridgehead atoms. The summed E-state index contributed by atoms with van der Waals surface area (Å²) in [6.07, 6.45) is 4.86. The maximum Gasteiger partial charge on any atom is 0.305 e. The Morgan fingerprint density at radius 3 is 2.54 bits per heavy atom. The quantitative estimate of drug-likeness (QED) is 0.377. The molecule has 1 atom stereocenters. The topological polar surface area (TPSA) is 116 Å². The van der Waals surface area contributed by atoms with Crippen LogP contribution in [0, 0.1) is 0 Å². The molecule has 3 rings (SSSR count). The predicted molar refractivity (Wildman–Crippen MR) is 138 cm³/mol. The van der Waals surface area contributed by atoms with Crippen molar-refractivity contribution in [1.82, 2.24) is 5.32 Å². The lowest BCUT2D eigenvalue weighted by atomic mass is 10.1. The average molecular weight is 502 g/mol. The fourth-order valence-electron chi connectivity index (χ4n) is 4.27. The van der Waals surface area contributed by atoms with Crippen LogP contribution in [-0.2, 0) is 14.6 Å². The number of unbranched alkanes of at least 4 members (excludes halogenated alkanes) is 4. The SMILES string of the molecule is CCCCCCCS(=O)(=O)c1ccc(NC(=O)c2cccc(N3CCNC[C@H]3CC(=O)O)c2)cc1. The van der Waals surface area contributed by atoms with E-state index < -0.39 is 15.8 Å². The third kappa shape index (κ3) is 7.80. The van der Waals surface area contributed by atoms with Gasteiger partial charge in [-0.2, -0.15) is 0 Å². The summed E-state index contributed by atoms with van der Waals surface area (Å²) in [5.41, 5.74) is 1.75. The monoisotopic (exact) mass is 501 g/mol. The van der Waals surface area contributed by atoms with Crippen LogP contribution < -0.4 is 15.5 Å². The van der Waals surface area contributed by atoms with Crippen molar-refractivity contribution in [2.24, 2.45) is 0 Å². The van der Waals surface area contributed by atoms with E-state index in [-0.39, 0.29) is 29.0 Å². The maximum atomic E-state index is 12.9. The second-order valence-electron chi connectivity index (χ2n) is 8.91. The zero-order valence-corrected chi connectivity index (χ0v) is 21.0. The molecular weight excluding hydrogens is 466 g/mol. The molecule has 2 aromatic carbocycles. The molecule has 8 nitrogen and oxygen atoms in total. The Morgan fingerprint density at radius 2 is 1.83 bits per heavy atom. The van der Waals surface area contributed by atoms with E-state index >= 15 is 0 Å². The number of aliphatic carboxylic acids is 1. The molecule has 190 valence electrons. The van der Waals surface area contributed by atoms with Gasteiger partial charge in [0.05, 0.1) is 23.1 Å². The largest absolute Gasteiger partial charge is 0.481 e. The van der Waals surface area contributed by atoms with Gasteiger partial charge in [0, 0.05) is 36.6 Å². The number of carboxylic acid groups (broad SMARTS) is 1. The van der Waals surface area contributed by atoms with Crippen molar-refractivity contribution in [3.63, 3.8) is 0 Å². The first-order chi connectivity index (χ1) is 16.8. The summed E-state index contributed by atoms with van der Waals surface area (Å²) in [5.74, 6) is -1.05. The molecule has 1 heterocycles. The van der Waals surface area contributed by atoms with Crippen LogP contribution in [0.2, 0.25) is 0 Å². The minimum absolute atomic E-state index is 0.0113. The van der Waals surface area contributed by atoms with Gasteiger partial charge in [-0.05, 0) is 48.9 Å².